The number of nitrogens with two attached hydrogens (primary N) is 1. The van der Waals surface area contributed by atoms with E-state index in [0.29, 0.717) is 0 Å². The van der Waals surface area contributed by atoms with Gasteiger partial charge in [0, 0.05) is 23.3 Å². The molecule has 2 rings (SSSR count). The minimum absolute atomic E-state index is 0.517. The first-order valence-electron chi connectivity index (χ1n) is 6.15. The average Bonchev–Trinajstić information content (AvgIpc) is 2.45. The summed E-state index contributed by atoms with van der Waals surface area (Å²) in [5.41, 5.74) is 0.608. The van der Waals surface area contributed by atoms with Crippen molar-refractivity contribution in [2.24, 2.45) is 0 Å². The summed E-state index contributed by atoms with van der Waals surface area (Å²) in [5.74, 6) is -4.79. The number of nitrogens with zero attached hydrogens (tertiary/aromatic N) is 1. The summed E-state index contributed by atoms with van der Waals surface area (Å²) in [7, 11) is 0. The normalized spacial score (nSPS) is 10.3. The molecular weight excluding hydrogens is 326 g/mol. The molecule has 0 spiro atoms. The number of nitrogens with one attached hydrogen (secondary N) is 1. The topological polar surface area (TPSA) is 197 Å². The summed E-state index contributed by atoms with van der Waals surface area (Å²) in [6.07, 6.45) is 0. The van der Waals surface area contributed by atoms with Gasteiger partial charge in [-0.3, -0.25) is 14.9 Å². The SMILES string of the molecule is Nc1[nH]c(=O)c(C(=O)O)c(-c2cc([N+](=O)[O-])ccc2O)c1C(=O)O. The van der Waals surface area contributed by atoms with Crippen molar-refractivity contribution in [3.8, 4) is 16.9 Å². The zero-order valence-corrected chi connectivity index (χ0v) is 11.6. The van der Waals surface area contributed by atoms with Crippen LogP contribution in [0.3, 0.4) is 0 Å². The molecule has 0 fully saturated rings. The zero-order chi connectivity index (χ0) is 18.2. The molecule has 6 N–H and O–H groups in total. The number of aromatic nitrogens is 1. The molecule has 0 unspecified atom stereocenters. The first-order chi connectivity index (χ1) is 11.1. The van der Waals surface area contributed by atoms with Gasteiger partial charge in [-0.05, 0) is 6.07 Å². The molecule has 0 bridgehead atoms. The van der Waals surface area contributed by atoms with Gasteiger partial charge in [0.2, 0.25) is 0 Å². The van der Waals surface area contributed by atoms with E-state index in [1.807, 2.05) is 4.98 Å². The molecule has 0 radical (unpaired) electrons. The van der Waals surface area contributed by atoms with Gasteiger partial charge in [-0.2, -0.15) is 0 Å². The molecule has 0 atom stereocenters. The van der Waals surface area contributed by atoms with E-state index in [-0.39, 0.29) is 0 Å². The second-order valence-electron chi connectivity index (χ2n) is 4.56. The molecule has 1 aromatic heterocycles. The third-order valence-electron chi connectivity index (χ3n) is 3.13. The molecule has 0 aliphatic carbocycles. The van der Waals surface area contributed by atoms with Crippen LogP contribution in [0.25, 0.3) is 11.1 Å². The highest BCUT2D eigenvalue weighted by Crippen LogP contribution is 2.37. The molecule has 1 aromatic carbocycles. The third-order valence-corrected chi connectivity index (χ3v) is 3.13. The Balaban J connectivity index is 3.05. The molecule has 0 aliphatic heterocycles. The number of carbonyl (C=O) groups is 2. The number of hydrogen-bond donors (Lipinski definition) is 5. The lowest BCUT2D eigenvalue weighted by Gasteiger charge is -2.13. The van der Waals surface area contributed by atoms with Crippen molar-refractivity contribution in [1.29, 1.82) is 0 Å². The van der Waals surface area contributed by atoms with Crippen LogP contribution in [-0.2, 0) is 0 Å². The summed E-state index contributed by atoms with van der Waals surface area (Å²) < 4.78 is 0. The monoisotopic (exact) mass is 335 g/mol. The van der Waals surface area contributed by atoms with Gasteiger partial charge in [0.1, 0.15) is 22.7 Å². The van der Waals surface area contributed by atoms with Crippen molar-refractivity contribution in [3.63, 3.8) is 0 Å². The Morgan fingerprint density at radius 3 is 2.25 bits per heavy atom. The predicted molar refractivity (Wildman–Crippen MR) is 79.1 cm³/mol. The Kier molecular flexibility index (Phi) is 3.93. The maximum Gasteiger partial charge on any atom is 0.342 e. The average molecular weight is 335 g/mol. The fourth-order valence-corrected chi connectivity index (χ4v) is 2.15. The van der Waals surface area contributed by atoms with E-state index in [9.17, 15) is 39.8 Å². The fraction of sp³-hybridized carbons (Fsp3) is 0. The number of non-ortho nitro benzene ring substituents is 1. The highest BCUT2D eigenvalue weighted by atomic mass is 16.6. The minimum atomic E-state index is -1.79. The van der Waals surface area contributed by atoms with Crippen LogP contribution in [-0.4, -0.2) is 37.2 Å². The van der Waals surface area contributed by atoms with Crippen molar-refractivity contribution in [2.45, 2.75) is 0 Å². The van der Waals surface area contributed by atoms with E-state index in [1.165, 1.54) is 0 Å². The number of pyridine rings is 1. The molecule has 124 valence electrons. The Labute approximate surface area is 131 Å². The molecule has 11 nitrogen and oxygen atoms in total. The van der Waals surface area contributed by atoms with Crippen molar-refractivity contribution < 1.29 is 29.8 Å². The molecular formula is C13H9N3O8. The Morgan fingerprint density at radius 1 is 1.17 bits per heavy atom. The molecule has 0 saturated carbocycles. The van der Waals surface area contributed by atoms with Gasteiger partial charge in [-0.15, -0.1) is 0 Å². The third kappa shape index (κ3) is 2.61. The van der Waals surface area contributed by atoms with E-state index in [1.54, 1.807) is 0 Å². The lowest BCUT2D eigenvalue weighted by Crippen LogP contribution is -2.24. The van der Waals surface area contributed by atoms with E-state index in [2.05, 4.69) is 0 Å². The Bertz CT molecular complexity index is 947. The van der Waals surface area contributed by atoms with Gasteiger partial charge in [-0.25, -0.2) is 9.59 Å². The van der Waals surface area contributed by atoms with Gasteiger partial charge in [0.05, 0.1) is 4.92 Å². The number of phenols is 1. The first-order valence-corrected chi connectivity index (χ1v) is 6.15. The molecule has 2 aromatic rings. The number of phenolic OH excluding ortho intramolecular Hbond substituents is 1. The number of benzene rings is 1. The summed E-state index contributed by atoms with van der Waals surface area (Å²) in [6.45, 7) is 0. The lowest BCUT2D eigenvalue weighted by molar-refractivity contribution is -0.384. The van der Waals surface area contributed by atoms with E-state index < -0.39 is 61.9 Å². The predicted octanol–water partition coefficient (Wildman–Crippen LogP) is 0.634. The Hall–Kier alpha value is -3.89. The van der Waals surface area contributed by atoms with E-state index >= 15 is 0 Å². The van der Waals surface area contributed by atoms with Gasteiger partial charge in [0.25, 0.3) is 11.2 Å². The quantitative estimate of drug-likeness (QED) is 0.393. The van der Waals surface area contributed by atoms with Gasteiger partial charge >= 0.3 is 11.9 Å². The lowest BCUT2D eigenvalue weighted by atomic mass is 9.94. The number of aromatic hydroxyl groups is 1. The molecule has 0 aliphatic rings. The summed E-state index contributed by atoms with van der Waals surface area (Å²) in [5, 5.41) is 39.2. The Morgan fingerprint density at radius 2 is 1.75 bits per heavy atom. The maximum absolute atomic E-state index is 11.9. The number of carboxylic acid groups (broad SMARTS) is 2. The number of H-pyrrole nitrogens is 1. The molecule has 0 amide bonds. The van der Waals surface area contributed by atoms with E-state index in [4.69, 9.17) is 5.73 Å². The molecule has 11 heteroatoms. The number of carboxylic acids is 2. The van der Waals surface area contributed by atoms with Crippen molar-refractivity contribution in [3.05, 3.63) is 49.8 Å². The molecule has 1 heterocycles. The molecule has 24 heavy (non-hydrogen) atoms. The van der Waals surface area contributed by atoms with Crippen LogP contribution in [0.4, 0.5) is 11.5 Å². The maximum atomic E-state index is 11.9. The van der Waals surface area contributed by atoms with Crippen molar-refractivity contribution in [2.75, 3.05) is 5.73 Å². The van der Waals surface area contributed by atoms with Crippen molar-refractivity contribution >= 4 is 23.4 Å². The van der Waals surface area contributed by atoms with Crippen LogP contribution in [0, 0.1) is 10.1 Å². The number of hydrogen-bond acceptors (Lipinski definition) is 7. The zero-order valence-electron chi connectivity index (χ0n) is 11.6. The standard InChI is InChI=1S/C13H9N3O8/c14-10-8(12(19)20)7(9(13(21)22)11(18)15-10)5-3-4(16(23)24)1-2-6(5)17/h1-3,17H,(H,19,20)(H,21,22)(H3,14,15,18). The van der Waals surface area contributed by atoms with Crippen LogP contribution in [0.15, 0.2) is 23.0 Å². The number of aromatic amines is 1. The highest BCUT2D eigenvalue weighted by Gasteiger charge is 2.29. The summed E-state index contributed by atoms with van der Waals surface area (Å²) >= 11 is 0. The van der Waals surface area contributed by atoms with E-state index in [0.717, 1.165) is 18.2 Å². The smallest absolute Gasteiger partial charge is 0.342 e. The summed E-state index contributed by atoms with van der Waals surface area (Å²) in [4.78, 5) is 46.6. The van der Waals surface area contributed by atoms with Crippen molar-refractivity contribution in [1.82, 2.24) is 4.98 Å². The number of nitro benzene ring substituents is 1. The van der Waals surface area contributed by atoms with Gasteiger partial charge < -0.3 is 26.0 Å². The number of anilines is 1. The van der Waals surface area contributed by atoms with Crippen LogP contribution in [0.1, 0.15) is 20.7 Å². The second kappa shape index (κ2) is 5.72. The van der Waals surface area contributed by atoms with Crippen LogP contribution >= 0.6 is 0 Å². The minimum Gasteiger partial charge on any atom is -0.507 e. The fourth-order valence-electron chi connectivity index (χ4n) is 2.15. The number of rotatable bonds is 4. The largest absolute Gasteiger partial charge is 0.507 e. The van der Waals surface area contributed by atoms with Crippen LogP contribution < -0.4 is 11.3 Å². The first kappa shape index (κ1) is 16.5. The number of nitrogen functional groups attached to an aromatic ring is 1. The highest BCUT2D eigenvalue weighted by molar-refractivity contribution is 6.08. The van der Waals surface area contributed by atoms with Crippen LogP contribution in [0.2, 0.25) is 0 Å². The van der Waals surface area contributed by atoms with Crippen LogP contribution in [0.5, 0.6) is 5.75 Å². The van der Waals surface area contributed by atoms with Gasteiger partial charge in [-0.1, -0.05) is 0 Å². The number of aromatic carboxylic acids is 2. The number of nitro groups is 1. The molecule has 0 saturated heterocycles. The second-order valence-corrected chi connectivity index (χ2v) is 4.56. The summed E-state index contributed by atoms with van der Waals surface area (Å²) in [6, 6.07) is 2.56. The van der Waals surface area contributed by atoms with Gasteiger partial charge in [0.15, 0.2) is 0 Å².